The maximum Gasteiger partial charge on any atom is 0.307 e. The van der Waals surface area contributed by atoms with E-state index in [9.17, 15) is 4.79 Å². The van der Waals surface area contributed by atoms with Gasteiger partial charge in [0.05, 0.1) is 6.42 Å². The van der Waals surface area contributed by atoms with Gasteiger partial charge in [-0.3, -0.25) is 9.48 Å². The second-order valence-electron chi connectivity index (χ2n) is 4.30. The van der Waals surface area contributed by atoms with Crippen LogP contribution in [0.25, 0.3) is 0 Å². The van der Waals surface area contributed by atoms with Gasteiger partial charge in [0.15, 0.2) is 0 Å². The van der Waals surface area contributed by atoms with Gasteiger partial charge in [0, 0.05) is 25.4 Å². The molecule has 2 aromatic rings. The molecule has 0 radical (unpaired) electrons. The third-order valence-electron chi connectivity index (χ3n) is 2.82. The van der Waals surface area contributed by atoms with Gasteiger partial charge in [0.25, 0.3) is 0 Å². The summed E-state index contributed by atoms with van der Waals surface area (Å²) in [5.41, 5.74) is 1.91. The van der Waals surface area contributed by atoms with Gasteiger partial charge in [-0.25, -0.2) is 0 Å². The van der Waals surface area contributed by atoms with Crippen LogP contribution < -0.4 is 5.32 Å². The summed E-state index contributed by atoms with van der Waals surface area (Å²) in [7, 11) is 0. The number of aryl methyl sites for hydroxylation is 1. The number of hydrogen-bond acceptors (Lipinski definition) is 3. The van der Waals surface area contributed by atoms with Crippen molar-refractivity contribution in [3.8, 4) is 0 Å². The zero-order valence-corrected chi connectivity index (χ0v) is 10.8. The van der Waals surface area contributed by atoms with Crippen LogP contribution in [-0.2, 0) is 24.3 Å². The quantitative estimate of drug-likeness (QED) is 0.834. The predicted octanol–water partition coefficient (Wildman–Crippen LogP) is 2.14. The van der Waals surface area contributed by atoms with Crippen molar-refractivity contribution in [3.63, 3.8) is 0 Å². The first kappa shape index (κ1) is 13.1. The molecular formula is C14H17N3O2. The fourth-order valence-electron chi connectivity index (χ4n) is 1.77. The van der Waals surface area contributed by atoms with E-state index in [0.29, 0.717) is 6.54 Å². The Balaban J connectivity index is 1.90. The summed E-state index contributed by atoms with van der Waals surface area (Å²) in [4.78, 5) is 10.6. The van der Waals surface area contributed by atoms with Gasteiger partial charge >= 0.3 is 5.97 Å². The first-order valence-corrected chi connectivity index (χ1v) is 6.24. The van der Waals surface area contributed by atoms with Crippen molar-refractivity contribution >= 4 is 11.8 Å². The molecule has 2 N–H and O–H groups in total. The Morgan fingerprint density at radius 1 is 1.26 bits per heavy atom. The zero-order valence-electron chi connectivity index (χ0n) is 10.8. The minimum Gasteiger partial charge on any atom is -0.481 e. The van der Waals surface area contributed by atoms with E-state index in [-0.39, 0.29) is 6.42 Å². The Bertz CT molecular complexity index is 546. The minimum absolute atomic E-state index is 0.0641. The Labute approximate surface area is 111 Å². The number of hydrogen-bond donors (Lipinski definition) is 2. The first-order chi connectivity index (χ1) is 9.17. The summed E-state index contributed by atoms with van der Waals surface area (Å²) in [6, 6.07) is 9.48. The van der Waals surface area contributed by atoms with E-state index in [2.05, 4.69) is 10.4 Å². The monoisotopic (exact) mass is 259 g/mol. The highest BCUT2D eigenvalue weighted by molar-refractivity contribution is 5.70. The zero-order chi connectivity index (χ0) is 13.7. The molecule has 1 aromatic carbocycles. The Hall–Kier alpha value is -2.30. The molecule has 0 spiro atoms. The van der Waals surface area contributed by atoms with Crippen LogP contribution in [0.4, 0.5) is 5.82 Å². The SMILES string of the molecule is CCn1ccc(NCc2ccc(CC(=O)O)cc2)n1. The smallest absolute Gasteiger partial charge is 0.307 e. The molecule has 0 amide bonds. The molecule has 1 heterocycles. The number of anilines is 1. The summed E-state index contributed by atoms with van der Waals surface area (Å²) >= 11 is 0. The fourth-order valence-corrected chi connectivity index (χ4v) is 1.77. The van der Waals surface area contributed by atoms with Crippen LogP contribution in [0.3, 0.4) is 0 Å². The van der Waals surface area contributed by atoms with Gasteiger partial charge in [-0.15, -0.1) is 0 Å². The van der Waals surface area contributed by atoms with E-state index in [1.165, 1.54) is 0 Å². The van der Waals surface area contributed by atoms with Crippen molar-refractivity contribution in [1.82, 2.24) is 9.78 Å². The van der Waals surface area contributed by atoms with Crippen molar-refractivity contribution in [3.05, 3.63) is 47.7 Å². The van der Waals surface area contributed by atoms with Crippen LogP contribution in [0, 0.1) is 0 Å². The van der Waals surface area contributed by atoms with Crippen molar-refractivity contribution in [1.29, 1.82) is 0 Å². The molecule has 19 heavy (non-hydrogen) atoms. The number of carbonyl (C=O) groups is 1. The van der Waals surface area contributed by atoms with E-state index >= 15 is 0 Å². The number of carboxylic acids is 1. The third-order valence-corrected chi connectivity index (χ3v) is 2.82. The molecule has 0 aliphatic carbocycles. The molecule has 0 unspecified atom stereocenters. The fraction of sp³-hybridized carbons (Fsp3) is 0.286. The molecule has 5 nitrogen and oxygen atoms in total. The summed E-state index contributed by atoms with van der Waals surface area (Å²) < 4.78 is 1.86. The largest absolute Gasteiger partial charge is 0.481 e. The molecular weight excluding hydrogens is 242 g/mol. The maximum atomic E-state index is 10.6. The number of nitrogens with one attached hydrogen (secondary N) is 1. The van der Waals surface area contributed by atoms with Crippen molar-refractivity contribution in [2.75, 3.05) is 5.32 Å². The van der Waals surface area contributed by atoms with Crippen molar-refractivity contribution in [2.45, 2.75) is 26.4 Å². The molecule has 2 rings (SSSR count). The molecule has 0 fully saturated rings. The van der Waals surface area contributed by atoms with E-state index in [0.717, 1.165) is 23.5 Å². The first-order valence-electron chi connectivity index (χ1n) is 6.24. The molecule has 100 valence electrons. The van der Waals surface area contributed by atoms with Gasteiger partial charge in [0.2, 0.25) is 0 Å². The number of benzene rings is 1. The topological polar surface area (TPSA) is 67.2 Å². The third kappa shape index (κ3) is 3.84. The van der Waals surface area contributed by atoms with E-state index in [1.54, 1.807) is 0 Å². The highest BCUT2D eigenvalue weighted by Crippen LogP contribution is 2.08. The average molecular weight is 259 g/mol. The van der Waals surface area contributed by atoms with Crippen LogP contribution in [-0.4, -0.2) is 20.9 Å². The summed E-state index contributed by atoms with van der Waals surface area (Å²) in [5, 5.41) is 16.2. The molecule has 0 bridgehead atoms. The summed E-state index contributed by atoms with van der Waals surface area (Å²) in [5.74, 6) is 0.0347. The van der Waals surface area contributed by atoms with Gasteiger partial charge in [0.1, 0.15) is 5.82 Å². The molecule has 0 aliphatic heterocycles. The van der Waals surface area contributed by atoms with E-state index < -0.39 is 5.97 Å². The molecule has 0 aliphatic rings. The lowest BCUT2D eigenvalue weighted by atomic mass is 10.1. The van der Waals surface area contributed by atoms with Crippen LogP contribution in [0.2, 0.25) is 0 Å². The number of rotatable bonds is 6. The standard InChI is InChI=1S/C14H17N3O2/c1-2-17-8-7-13(16-17)15-10-12-5-3-11(4-6-12)9-14(18)19/h3-8H,2,9-10H2,1H3,(H,15,16)(H,18,19). The van der Waals surface area contributed by atoms with Crippen LogP contribution in [0.5, 0.6) is 0 Å². The maximum absolute atomic E-state index is 10.6. The Kier molecular flexibility index (Phi) is 4.18. The lowest BCUT2D eigenvalue weighted by Gasteiger charge is -2.04. The molecule has 0 saturated heterocycles. The molecule has 1 aromatic heterocycles. The average Bonchev–Trinajstić information content (AvgIpc) is 2.85. The lowest BCUT2D eigenvalue weighted by molar-refractivity contribution is -0.136. The second kappa shape index (κ2) is 6.04. The van der Waals surface area contributed by atoms with Gasteiger partial charge in [-0.1, -0.05) is 24.3 Å². The van der Waals surface area contributed by atoms with Crippen LogP contribution in [0.1, 0.15) is 18.1 Å². The highest BCUT2D eigenvalue weighted by Gasteiger charge is 2.01. The van der Waals surface area contributed by atoms with Gasteiger partial charge in [-0.05, 0) is 18.1 Å². The van der Waals surface area contributed by atoms with Crippen LogP contribution >= 0.6 is 0 Å². The molecule has 0 saturated carbocycles. The normalized spacial score (nSPS) is 10.4. The van der Waals surface area contributed by atoms with E-state index in [1.807, 2.05) is 48.1 Å². The van der Waals surface area contributed by atoms with E-state index in [4.69, 9.17) is 5.11 Å². The molecule has 5 heteroatoms. The molecule has 0 atom stereocenters. The van der Waals surface area contributed by atoms with Crippen molar-refractivity contribution in [2.24, 2.45) is 0 Å². The van der Waals surface area contributed by atoms with Gasteiger partial charge < -0.3 is 10.4 Å². The number of aromatic nitrogens is 2. The number of aliphatic carboxylic acids is 1. The summed E-state index contributed by atoms with van der Waals surface area (Å²) in [6.45, 7) is 3.57. The number of carboxylic acid groups (broad SMARTS) is 1. The van der Waals surface area contributed by atoms with Gasteiger partial charge in [-0.2, -0.15) is 5.10 Å². The second-order valence-corrected chi connectivity index (χ2v) is 4.30. The minimum atomic E-state index is -0.809. The predicted molar refractivity (Wildman–Crippen MR) is 73.0 cm³/mol. The Morgan fingerprint density at radius 3 is 2.53 bits per heavy atom. The Morgan fingerprint density at radius 2 is 1.95 bits per heavy atom. The summed E-state index contributed by atoms with van der Waals surface area (Å²) in [6.07, 6.45) is 1.99. The number of nitrogens with zero attached hydrogens (tertiary/aromatic N) is 2. The lowest BCUT2D eigenvalue weighted by Crippen LogP contribution is -2.03. The van der Waals surface area contributed by atoms with Crippen molar-refractivity contribution < 1.29 is 9.90 Å². The van der Waals surface area contributed by atoms with Crippen LogP contribution in [0.15, 0.2) is 36.5 Å². The highest BCUT2D eigenvalue weighted by atomic mass is 16.4.